The Labute approximate surface area is 206 Å². The topological polar surface area (TPSA) is 58.1 Å². The van der Waals surface area contributed by atoms with E-state index in [0.29, 0.717) is 19.8 Å². The van der Waals surface area contributed by atoms with E-state index >= 15 is 0 Å². The highest BCUT2D eigenvalue weighted by atomic mass is 127. The average molecular weight is 554 g/mol. The lowest BCUT2D eigenvalue weighted by atomic mass is 10.2. The second kappa shape index (κ2) is 12.3. The molecule has 1 fully saturated rings. The molecule has 2 aromatic carbocycles. The Balaban J connectivity index is 0.00000272. The van der Waals surface area contributed by atoms with Crippen LogP contribution in [0.25, 0.3) is 0 Å². The van der Waals surface area contributed by atoms with E-state index in [9.17, 15) is 0 Å². The van der Waals surface area contributed by atoms with Gasteiger partial charge in [-0.1, -0.05) is 12.1 Å². The third-order valence-electron chi connectivity index (χ3n) is 5.09. The molecular weight excluding hydrogens is 523 g/mol. The van der Waals surface area contributed by atoms with Crippen LogP contribution in [0.1, 0.15) is 18.9 Å². The van der Waals surface area contributed by atoms with Gasteiger partial charge in [0, 0.05) is 55.0 Å². The largest absolute Gasteiger partial charge is 0.490 e. The summed E-state index contributed by atoms with van der Waals surface area (Å²) in [7, 11) is 0. The maximum atomic E-state index is 5.79. The van der Waals surface area contributed by atoms with E-state index < -0.39 is 0 Å². The van der Waals surface area contributed by atoms with Gasteiger partial charge in [-0.05, 0) is 36.8 Å². The number of hydrogen-bond acceptors (Lipinski definition) is 5. The van der Waals surface area contributed by atoms with Crippen LogP contribution in [-0.4, -0.2) is 50.3 Å². The van der Waals surface area contributed by atoms with Crippen molar-refractivity contribution in [2.75, 3.05) is 54.6 Å². The molecule has 0 atom stereocenters. The van der Waals surface area contributed by atoms with Crippen molar-refractivity contribution in [2.24, 2.45) is 4.99 Å². The predicted molar refractivity (Wildman–Crippen MR) is 142 cm³/mol. The molecule has 0 aromatic heterocycles. The Bertz CT molecular complexity index is 857. The number of thioether (sulfide) groups is 1. The molecule has 2 heterocycles. The van der Waals surface area contributed by atoms with E-state index in [1.807, 2.05) is 30.0 Å². The molecular formula is C23H31IN4O2S. The van der Waals surface area contributed by atoms with Crippen LogP contribution in [-0.2, 0) is 6.54 Å². The number of ether oxygens (including phenoxy) is 2. The van der Waals surface area contributed by atoms with E-state index in [1.165, 1.54) is 22.8 Å². The molecule has 0 aliphatic carbocycles. The number of nitrogens with one attached hydrogen (secondary N) is 2. The van der Waals surface area contributed by atoms with Crippen LogP contribution in [0.5, 0.6) is 11.5 Å². The van der Waals surface area contributed by atoms with Crippen LogP contribution in [0.15, 0.2) is 47.5 Å². The first-order valence-corrected chi connectivity index (χ1v) is 11.8. The van der Waals surface area contributed by atoms with Crippen LogP contribution in [0, 0.1) is 0 Å². The number of fused-ring (bicyclic) bond motifs is 1. The van der Waals surface area contributed by atoms with Gasteiger partial charge in [0.25, 0.3) is 0 Å². The van der Waals surface area contributed by atoms with E-state index in [4.69, 9.17) is 14.5 Å². The van der Waals surface area contributed by atoms with Gasteiger partial charge in [0.05, 0.1) is 19.8 Å². The highest BCUT2D eigenvalue weighted by molar-refractivity contribution is 14.0. The van der Waals surface area contributed by atoms with Crippen LogP contribution >= 0.6 is 35.7 Å². The molecule has 2 aromatic rings. The van der Waals surface area contributed by atoms with Crippen molar-refractivity contribution in [1.29, 1.82) is 0 Å². The van der Waals surface area contributed by atoms with E-state index in [2.05, 4.69) is 46.7 Å². The zero-order valence-electron chi connectivity index (χ0n) is 17.9. The summed E-state index contributed by atoms with van der Waals surface area (Å²) in [6.45, 7) is 7.11. The number of guanidine groups is 1. The monoisotopic (exact) mass is 554 g/mol. The van der Waals surface area contributed by atoms with Crippen molar-refractivity contribution in [3.05, 3.63) is 48.0 Å². The van der Waals surface area contributed by atoms with Gasteiger partial charge in [-0.2, -0.15) is 11.8 Å². The Hall–Kier alpha value is -1.81. The molecule has 2 aliphatic heterocycles. The van der Waals surface area contributed by atoms with Gasteiger partial charge in [-0.25, -0.2) is 4.99 Å². The van der Waals surface area contributed by atoms with Gasteiger partial charge in [-0.3, -0.25) is 0 Å². The number of halogens is 1. The molecule has 2 aliphatic rings. The Morgan fingerprint density at radius 1 is 1.03 bits per heavy atom. The zero-order chi connectivity index (χ0) is 20.6. The molecule has 0 amide bonds. The van der Waals surface area contributed by atoms with Gasteiger partial charge in [0.2, 0.25) is 0 Å². The summed E-state index contributed by atoms with van der Waals surface area (Å²) >= 11 is 2.03. The van der Waals surface area contributed by atoms with Crippen molar-refractivity contribution in [3.63, 3.8) is 0 Å². The lowest BCUT2D eigenvalue weighted by Crippen LogP contribution is -2.32. The van der Waals surface area contributed by atoms with E-state index in [0.717, 1.165) is 49.2 Å². The molecule has 168 valence electrons. The number of nitrogens with zero attached hydrogens (tertiary/aromatic N) is 2. The normalized spacial score (nSPS) is 16.2. The summed E-state index contributed by atoms with van der Waals surface area (Å²) in [5.74, 6) is 4.75. The molecule has 2 N–H and O–H groups in total. The van der Waals surface area contributed by atoms with E-state index in [-0.39, 0.29) is 24.0 Å². The third-order valence-corrected chi connectivity index (χ3v) is 6.03. The number of benzene rings is 2. The molecule has 0 bridgehead atoms. The zero-order valence-corrected chi connectivity index (χ0v) is 21.1. The molecule has 0 spiro atoms. The number of rotatable bonds is 5. The fourth-order valence-electron chi connectivity index (χ4n) is 3.49. The summed E-state index contributed by atoms with van der Waals surface area (Å²) in [5.41, 5.74) is 3.43. The Kier molecular flexibility index (Phi) is 9.45. The minimum absolute atomic E-state index is 0. The molecule has 4 rings (SSSR count). The second-order valence-electron chi connectivity index (χ2n) is 7.30. The molecule has 0 saturated carbocycles. The SMILES string of the molecule is CCNC(=NCc1ccc(N2CCSCC2)cc1)Nc1ccc2c(c1)OCCCO2.I. The van der Waals surface area contributed by atoms with Gasteiger partial charge >= 0.3 is 0 Å². The first-order valence-electron chi connectivity index (χ1n) is 10.7. The lowest BCUT2D eigenvalue weighted by molar-refractivity contribution is 0.297. The van der Waals surface area contributed by atoms with Crippen molar-refractivity contribution in [2.45, 2.75) is 19.9 Å². The summed E-state index contributed by atoms with van der Waals surface area (Å²) < 4.78 is 11.5. The minimum Gasteiger partial charge on any atom is -0.490 e. The number of hydrogen-bond donors (Lipinski definition) is 2. The summed E-state index contributed by atoms with van der Waals surface area (Å²) in [6.07, 6.45) is 0.900. The minimum atomic E-state index is 0. The van der Waals surface area contributed by atoms with Crippen molar-refractivity contribution in [1.82, 2.24) is 5.32 Å². The van der Waals surface area contributed by atoms with Crippen molar-refractivity contribution in [3.8, 4) is 11.5 Å². The van der Waals surface area contributed by atoms with Crippen LogP contribution in [0.3, 0.4) is 0 Å². The lowest BCUT2D eigenvalue weighted by Gasteiger charge is -2.28. The maximum Gasteiger partial charge on any atom is 0.196 e. The van der Waals surface area contributed by atoms with Gasteiger partial charge in [-0.15, -0.1) is 24.0 Å². The molecule has 1 saturated heterocycles. The fraction of sp³-hybridized carbons (Fsp3) is 0.435. The van der Waals surface area contributed by atoms with Crippen LogP contribution in [0.4, 0.5) is 11.4 Å². The summed E-state index contributed by atoms with van der Waals surface area (Å²) in [5, 5.41) is 6.69. The second-order valence-corrected chi connectivity index (χ2v) is 8.52. The third kappa shape index (κ3) is 6.83. The van der Waals surface area contributed by atoms with E-state index in [1.54, 1.807) is 0 Å². The molecule has 8 heteroatoms. The smallest absolute Gasteiger partial charge is 0.196 e. The van der Waals surface area contributed by atoms with Crippen LogP contribution in [0.2, 0.25) is 0 Å². The molecule has 6 nitrogen and oxygen atoms in total. The molecule has 0 radical (unpaired) electrons. The standard InChI is InChI=1S/C23H30N4O2S.HI/c1-2-24-23(26-19-6-9-21-22(16-19)29-13-3-12-28-21)25-17-18-4-7-20(8-5-18)27-10-14-30-15-11-27;/h4-9,16H,2-3,10-15,17H2,1H3,(H2,24,25,26);1H. The van der Waals surface area contributed by atoms with Gasteiger partial charge in [0.15, 0.2) is 17.5 Å². The van der Waals surface area contributed by atoms with Crippen molar-refractivity contribution >= 4 is 53.1 Å². The highest BCUT2D eigenvalue weighted by Gasteiger charge is 2.12. The molecule has 0 unspecified atom stereocenters. The van der Waals surface area contributed by atoms with Gasteiger partial charge < -0.3 is 25.0 Å². The van der Waals surface area contributed by atoms with Crippen molar-refractivity contribution < 1.29 is 9.47 Å². The summed E-state index contributed by atoms with van der Waals surface area (Å²) in [4.78, 5) is 7.21. The highest BCUT2D eigenvalue weighted by Crippen LogP contribution is 2.32. The molecule has 31 heavy (non-hydrogen) atoms. The Morgan fingerprint density at radius 3 is 2.52 bits per heavy atom. The first-order chi connectivity index (χ1) is 14.8. The Morgan fingerprint density at radius 2 is 1.77 bits per heavy atom. The fourth-order valence-corrected chi connectivity index (χ4v) is 4.39. The number of aliphatic imine (C=N–C) groups is 1. The quantitative estimate of drug-likeness (QED) is 0.320. The number of anilines is 2. The van der Waals surface area contributed by atoms with Crippen LogP contribution < -0.4 is 25.0 Å². The summed E-state index contributed by atoms with van der Waals surface area (Å²) in [6, 6.07) is 14.7. The predicted octanol–water partition coefficient (Wildman–Crippen LogP) is 4.60. The van der Waals surface area contributed by atoms with Gasteiger partial charge in [0.1, 0.15) is 0 Å². The maximum absolute atomic E-state index is 5.79. The first kappa shape index (κ1) is 23.8. The average Bonchev–Trinajstić information content (AvgIpc) is 3.04.